The van der Waals surface area contributed by atoms with Crippen molar-refractivity contribution in [1.29, 1.82) is 0 Å². The predicted molar refractivity (Wildman–Crippen MR) is 105 cm³/mol. The number of hydrogen-bond acceptors (Lipinski definition) is 6. The standard InChI is InChI=1S/C20H22N4O2/c25-19-15-3-1-4-16(19)12-22-8-10-24-14-18-6-2-5-17(20(18)26)13-23-9-7-21-11-15/h1-6,11-13,24-26H,7-10,14H2. The second-order valence-electron chi connectivity index (χ2n) is 5.92. The van der Waals surface area contributed by atoms with Gasteiger partial charge in [-0.3, -0.25) is 15.0 Å². The second-order valence-corrected chi connectivity index (χ2v) is 5.92. The van der Waals surface area contributed by atoms with Crippen LogP contribution in [-0.2, 0) is 6.54 Å². The quantitative estimate of drug-likeness (QED) is 0.680. The maximum atomic E-state index is 10.3. The van der Waals surface area contributed by atoms with Crippen molar-refractivity contribution in [3.63, 3.8) is 0 Å². The van der Waals surface area contributed by atoms with E-state index in [9.17, 15) is 10.2 Å². The average molecular weight is 350 g/mol. The van der Waals surface area contributed by atoms with Gasteiger partial charge >= 0.3 is 0 Å². The van der Waals surface area contributed by atoms with Crippen LogP contribution >= 0.6 is 0 Å². The summed E-state index contributed by atoms with van der Waals surface area (Å²) in [6.07, 6.45) is 4.98. The number of hydrogen-bond donors (Lipinski definition) is 3. The van der Waals surface area contributed by atoms with E-state index in [1.807, 2.05) is 36.4 Å². The summed E-state index contributed by atoms with van der Waals surface area (Å²) < 4.78 is 0. The molecule has 0 saturated carbocycles. The van der Waals surface area contributed by atoms with Crippen LogP contribution in [-0.4, -0.2) is 55.0 Å². The molecule has 2 aromatic carbocycles. The van der Waals surface area contributed by atoms with E-state index in [0.717, 1.165) is 5.56 Å². The number of fused-ring (bicyclic) bond motifs is 4. The lowest BCUT2D eigenvalue weighted by Gasteiger charge is -2.08. The van der Waals surface area contributed by atoms with Crippen molar-refractivity contribution in [2.75, 3.05) is 26.2 Å². The van der Waals surface area contributed by atoms with Crippen LogP contribution in [0.3, 0.4) is 0 Å². The largest absolute Gasteiger partial charge is 0.507 e. The maximum Gasteiger partial charge on any atom is 0.133 e. The molecule has 0 radical (unpaired) electrons. The SMILES string of the molecule is Oc1c2cccc1C=NCCNCc1cccc(c1O)C=NCCN=C2. The van der Waals surface area contributed by atoms with Crippen LogP contribution in [0, 0.1) is 0 Å². The van der Waals surface area contributed by atoms with Gasteiger partial charge in [-0.25, -0.2) is 0 Å². The molecule has 0 atom stereocenters. The van der Waals surface area contributed by atoms with Crippen molar-refractivity contribution in [3.8, 4) is 11.5 Å². The van der Waals surface area contributed by atoms with Crippen LogP contribution in [0.2, 0.25) is 0 Å². The van der Waals surface area contributed by atoms with Gasteiger partial charge in [-0.05, 0) is 18.2 Å². The van der Waals surface area contributed by atoms with Crippen molar-refractivity contribution < 1.29 is 10.2 Å². The molecule has 0 fully saturated rings. The van der Waals surface area contributed by atoms with Crippen LogP contribution in [0.4, 0.5) is 0 Å². The van der Waals surface area contributed by atoms with Gasteiger partial charge in [-0.2, -0.15) is 0 Å². The van der Waals surface area contributed by atoms with Gasteiger partial charge in [0.05, 0.1) is 19.6 Å². The summed E-state index contributed by atoms with van der Waals surface area (Å²) in [5.41, 5.74) is 2.83. The van der Waals surface area contributed by atoms with E-state index in [0.29, 0.717) is 49.4 Å². The minimum Gasteiger partial charge on any atom is -0.507 e. The molecule has 1 heterocycles. The lowest BCUT2D eigenvalue weighted by Crippen LogP contribution is -2.17. The molecule has 1 aliphatic heterocycles. The van der Waals surface area contributed by atoms with Gasteiger partial charge < -0.3 is 15.5 Å². The molecule has 6 nitrogen and oxygen atoms in total. The van der Waals surface area contributed by atoms with Crippen LogP contribution in [0.15, 0.2) is 51.4 Å². The summed E-state index contributed by atoms with van der Waals surface area (Å²) in [6.45, 7) is 2.78. The Morgan fingerprint density at radius 1 is 0.692 bits per heavy atom. The molecule has 134 valence electrons. The molecule has 0 unspecified atom stereocenters. The molecular weight excluding hydrogens is 328 g/mol. The molecule has 2 aromatic rings. The third-order valence-corrected chi connectivity index (χ3v) is 4.03. The first kappa shape index (κ1) is 17.8. The van der Waals surface area contributed by atoms with E-state index in [4.69, 9.17) is 0 Å². The van der Waals surface area contributed by atoms with Gasteiger partial charge in [-0.15, -0.1) is 0 Å². The highest BCUT2D eigenvalue weighted by Gasteiger charge is 2.05. The van der Waals surface area contributed by atoms with E-state index in [1.165, 1.54) is 0 Å². The van der Waals surface area contributed by atoms with Crippen molar-refractivity contribution in [2.24, 2.45) is 15.0 Å². The number of rotatable bonds is 0. The van der Waals surface area contributed by atoms with Crippen molar-refractivity contribution >= 4 is 18.6 Å². The van der Waals surface area contributed by atoms with Crippen LogP contribution in [0.25, 0.3) is 0 Å². The smallest absolute Gasteiger partial charge is 0.133 e. The zero-order valence-corrected chi connectivity index (χ0v) is 14.5. The Morgan fingerprint density at radius 3 is 1.88 bits per heavy atom. The molecule has 0 amide bonds. The summed E-state index contributed by atoms with van der Waals surface area (Å²) in [7, 11) is 0. The minimum absolute atomic E-state index is 0.178. The zero-order valence-electron chi connectivity index (χ0n) is 14.5. The topological polar surface area (TPSA) is 89.6 Å². The Balaban J connectivity index is 1.82. The Labute approximate surface area is 152 Å². The highest BCUT2D eigenvalue weighted by molar-refractivity contribution is 5.91. The fourth-order valence-corrected chi connectivity index (χ4v) is 2.62. The van der Waals surface area contributed by atoms with E-state index in [-0.39, 0.29) is 11.5 Å². The van der Waals surface area contributed by atoms with Crippen LogP contribution < -0.4 is 5.32 Å². The highest BCUT2D eigenvalue weighted by Crippen LogP contribution is 2.21. The normalized spacial score (nSPS) is 15.4. The van der Waals surface area contributed by atoms with Gasteiger partial charge in [-0.1, -0.05) is 18.2 Å². The van der Waals surface area contributed by atoms with Gasteiger partial charge in [0.15, 0.2) is 0 Å². The van der Waals surface area contributed by atoms with Crippen LogP contribution in [0.1, 0.15) is 22.3 Å². The van der Waals surface area contributed by atoms with E-state index in [1.54, 1.807) is 18.6 Å². The number of nitrogens with one attached hydrogen (secondary N) is 1. The summed E-state index contributed by atoms with van der Waals surface area (Å²) in [5, 5.41) is 23.9. The molecule has 3 rings (SSSR count). The number of aromatic hydroxyl groups is 2. The summed E-state index contributed by atoms with van der Waals surface area (Å²) in [4.78, 5) is 13.0. The van der Waals surface area contributed by atoms with E-state index in [2.05, 4.69) is 20.3 Å². The molecule has 0 saturated heterocycles. The Hall–Kier alpha value is -2.99. The molecule has 3 N–H and O–H groups in total. The number of phenols is 2. The fourth-order valence-electron chi connectivity index (χ4n) is 2.62. The third kappa shape index (κ3) is 4.55. The number of phenolic OH excluding ortho intramolecular Hbond substituents is 2. The first-order valence-corrected chi connectivity index (χ1v) is 8.59. The number of para-hydroxylation sites is 2. The van der Waals surface area contributed by atoms with Gasteiger partial charge in [0.1, 0.15) is 11.5 Å². The second kappa shape index (κ2) is 8.92. The summed E-state index contributed by atoms with van der Waals surface area (Å²) >= 11 is 0. The lowest BCUT2D eigenvalue weighted by molar-refractivity contribution is 0.464. The minimum atomic E-state index is 0.178. The molecule has 0 aliphatic carbocycles. The van der Waals surface area contributed by atoms with Gasteiger partial charge in [0.2, 0.25) is 0 Å². The van der Waals surface area contributed by atoms with Crippen molar-refractivity contribution in [3.05, 3.63) is 58.7 Å². The Kier molecular flexibility index (Phi) is 6.11. The van der Waals surface area contributed by atoms with Crippen LogP contribution in [0.5, 0.6) is 11.5 Å². The zero-order chi connectivity index (χ0) is 18.2. The molecular formula is C20H22N4O2. The van der Waals surface area contributed by atoms with Gasteiger partial charge in [0, 0.05) is 54.0 Å². The molecule has 1 aliphatic rings. The lowest BCUT2D eigenvalue weighted by atomic mass is 10.1. The van der Waals surface area contributed by atoms with E-state index < -0.39 is 0 Å². The Bertz CT molecular complexity index is 844. The summed E-state index contributed by atoms with van der Waals surface area (Å²) in [6, 6.07) is 11.1. The highest BCUT2D eigenvalue weighted by atomic mass is 16.3. The van der Waals surface area contributed by atoms with Gasteiger partial charge in [0.25, 0.3) is 0 Å². The predicted octanol–water partition coefficient (Wildman–Crippen LogP) is 2.16. The number of benzene rings is 2. The molecule has 0 aromatic heterocycles. The average Bonchev–Trinajstić information content (AvgIpc) is 2.64. The first-order chi connectivity index (χ1) is 12.8. The number of aliphatic imine (C=N–C) groups is 3. The van der Waals surface area contributed by atoms with Crippen molar-refractivity contribution in [2.45, 2.75) is 6.54 Å². The monoisotopic (exact) mass is 350 g/mol. The van der Waals surface area contributed by atoms with Crippen molar-refractivity contribution in [1.82, 2.24) is 5.32 Å². The Morgan fingerprint density at radius 2 is 1.23 bits per heavy atom. The number of nitrogens with zero attached hydrogens (tertiary/aromatic N) is 3. The molecule has 6 heteroatoms. The molecule has 0 spiro atoms. The molecule has 4 bridgehead atoms. The third-order valence-electron chi connectivity index (χ3n) is 4.03. The summed E-state index contributed by atoms with van der Waals surface area (Å²) in [5.74, 6) is 0.425. The maximum absolute atomic E-state index is 10.3. The first-order valence-electron chi connectivity index (χ1n) is 8.59. The van der Waals surface area contributed by atoms with E-state index >= 15 is 0 Å². The molecule has 26 heavy (non-hydrogen) atoms. The fraction of sp³-hybridized carbons (Fsp3) is 0.250.